The van der Waals surface area contributed by atoms with Gasteiger partial charge in [-0.15, -0.1) is 0 Å². The number of imide groups is 1. The van der Waals surface area contributed by atoms with E-state index in [1.165, 1.54) is 48.5 Å². The zero-order valence-corrected chi connectivity index (χ0v) is 28.8. The highest BCUT2D eigenvalue weighted by Gasteiger charge is 2.57. The van der Waals surface area contributed by atoms with Crippen molar-refractivity contribution in [3.8, 4) is 5.75 Å². The Morgan fingerprint density at radius 2 is 1.73 bits per heavy atom. The van der Waals surface area contributed by atoms with Crippen molar-refractivity contribution in [2.75, 3.05) is 23.4 Å². The predicted octanol–water partition coefficient (Wildman–Crippen LogP) is 3.84. The number of nitrogens with two attached hydrogens (primary N) is 1. The third-order valence-corrected chi connectivity index (χ3v) is 11.4. The Bertz CT molecular complexity index is 2120. The molecule has 1 saturated heterocycles. The second-order valence-electron chi connectivity index (χ2n) is 10.6. The number of carbonyl (C=O) groups is 4. The molecule has 3 heterocycles. The molecule has 3 aromatic carbocycles. The van der Waals surface area contributed by atoms with Gasteiger partial charge in [0.05, 0.1) is 33.7 Å². The Balaban J connectivity index is 1.30. The van der Waals surface area contributed by atoms with Crippen molar-refractivity contribution in [1.82, 2.24) is 4.98 Å². The molecule has 2 unspecified atom stereocenters. The number of rotatable bonds is 9. The van der Waals surface area contributed by atoms with Crippen molar-refractivity contribution in [3.05, 3.63) is 96.9 Å². The first-order chi connectivity index (χ1) is 22.8. The number of sulfonamides is 1. The summed E-state index contributed by atoms with van der Waals surface area (Å²) in [5.74, 6) is -3.54. The van der Waals surface area contributed by atoms with Gasteiger partial charge in [-0.3, -0.25) is 19.2 Å². The van der Waals surface area contributed by atoms with Gasteiger partial charge in [-0.2, -0.15) is 0 Å². The number of carbonyl (C=O) groups excluding carboxylic acids is 4. The molecule has 0 radical (unpaired) electrons. The standard InChI is InChI=1S/C31H25BrN4O9S3/c1-2-44-30(40)15-3-8-18(9-4-15)36-28(38)24-23(25-27(35-31(41)47-25)46-26(24)29(36)39)20-13-16(32)5-12-21(20)45-14-22(37)34-17-6-10-19(11-7-17)48(33,42)43/h3-13,23-24,26H,2,14H2,1H3,(H,34,37)(H,35,41)(H2,33,42,43)/t23-,24?,26?/m1/s1. The number of aromatic nitrogens is 1. The number of anilines is 2. The molecule has 0 aliphatic carbocycles. The zero-order valence-electron chi connectivity index (χ0n) is 24.8. The minimum Gasteiger partial charge on any atom is -0.483 e. The molecular formula is C31H25BrN4O9S3. The number of fused-ring (bicyclic) bond motifs is 2. The van der Waals surface area contributed by atoms with Crippen molar-refractivity contribution in [2.24, 2.45) is 11.1 Å². The third kappa shape index (κ3) is 6.55. The summed E-state index contributed by atoms with van der Waals surface area (Å²) in [5.41, 5.74) is 1.33. The minimum atomic E-state index is -3.90. The molecular weight excluding hydrogens is 748 g/mol. The molecule has 4 aromatic rings. The van der Waals surface area contributed by atoms with Gasteiger partial charge in [0, 0.05) is 26.5 Å². The molecule has 0 bridgehead atoms. The fourth-order valence-electron chi connectivity index (χ4n) is 5.53. The molecule has 1 fully saturated rings. The van der Waals surface area contributed by atoms with E-state index in [1.54, 1.807) is 25.1 Å². The number of esters is 1. The lowest BCUT2D eigenvalue weighted by atomic mass is 9.82. The number of thioether (sulfide) groups is 1. The Labute approximate surface area is 290 Å². The molecule has 17 heteroatoms. The second kappa shape index (κ2) is 13.3. The predicted molar refractivity (Wildman–Crippen MR) is 181 cm³/mol. The SMILES string of the molecule is CCOC(=O)c1ccc(N2C(=O)C3Sc4[nH]c(=O)sc4[C@H](c4cc(Br)ccc4OCC(=O)Nc4ccc(S(N)(=O)=O)cc4)C3C2=O)cc1. The number of thiazole rings is 1. The highest BCUT2D eigenvalue weighted by molar-refractivity contribution is 9.10. The molecule has 6 rings (SSSR count). The van der Waals surface area contributed by atoms with Crippen LogP contribution in [-0.4, -0.2) is 55.6 Å². The number of primary sulfonamides is 1. The summed E-state index contributed by atoms with van der Waals surface area (Å²) in [6, 6.07) is 16.3. The molecule has 13 nitrogen and oxygen atoms in total. The summed E-state index contributed by atoms with van der Waals surface area (Å²) < 4.78 is 34.7. The van der Waals surface area contributed by atoms with Crippen LogP contribution in [0.15, 0.2) is 85.9 Å². The Kier molecular flexibility index (Phi) is 9.32. The molecule has 0 saturated carbocycles. The summed E-state index contributed by atoms with van der Waals surface area (Å²) in [4.78, 5) is 69.5. The van der Waals surface area contributed by atoms with Crippen molar-refractivity contribution in [1.29, 1.82) is 0 Å². The number of ether oxygens (including phenoxy) is 2. The van der Waals surface area contributed by atoms with E-state index < -0.39 is 57.4 Å². The van der Waals surface area contributed by atoms with E-state index in [0.717, 1.165) is 28.0 Å². The lowest BCUT2D eigenvalue weighted by Crippen LogP contribution is -2.32. The molecule has 248 valence electrons. The van der Waals surface area contributed by atoms with Gasteiger partial charge in [0.1, 0.15) is 11.0 Å². The number of nitrogens with one attached hydrogen (secondary N) is 2. The monoisotopic (exact) mass is 772 g/mol. The van der Waals surface area contributed by atoms with E-state index in [0.29, 0.717) is 25.6 Å². The molecule has 48 heavy (non-hydrogen) atoms. The van der Waals surface area contributed by atoms with Crippen LogP contribution in [0.2, 0.25) is 0 Å². The number of nitrogens with zero attached hydrogens (tertiary/aromatic N) is 1. The normalized spacial score (nSPS) is 18.6. The van der Waals surface area contributed by atoms with Gasteiger partial charge in [0.15, 0.2) is 6.61 Å². The molecule has 2 aliphatic rings. The van der Waals surface area contributed by atoms with Crippen LogP contribution >= 0.6 is 39.0 Å². The number of H-pyrrole nitrogens is 1. The van der Waals surface area contributed by atoms with Gasteiger partial charge in [0.25, 0.3) is 5.91 Å². The van der Waals surface area contributed by atoms with Crippen LogP contribution in [0.4, 0.5) is 11.4 Å². The van der Waals surface area contributed by atoms with Gasteiger partial charge in [-0.1, -0.05) is 39.0 Å². The molecule has 2 aliphatic heterocycles. The van der Waals surface area contributed by atoms with Crippen LogP contribution in [0.25, 0.3) is 0 Å². The second-order valence-corrected chi connectivity index (χ2v) is 15.3. The number of hydrogen-bond donors (Lipinski definition) is 3. The number of aromatic amines is 1. The first-order valence-electron chi connectivity index (χ1n) is 14.3. The summed E-state index contributed by atoms with van der Waals surface area (Å²) in [6.45, 7) is 1.43. The maximum Gasteiger partial charge on any atom is 0.338 e. The lowest BCUT2D eigenvalue weighted by Gasteiger charge is -2.31. The fourth-order valence-corrected chi connectivity index (χ4v) is 8.93. The van der Waals surface area contributed by atoms with Gasteiger partial charge in [0.2, 0.25) is 21.8 Å². The first-order valence-corrected chi connectivity index (χ1v) is 18.3. The molecule has 3 amide bonds. The number of hydrogen-bond acceptors (Lipinski definition) is 11. The van der Waals surface area contributed by atoms with Crippen LogP contribution in [0.1, 0.15) is 33.6 Å². The molecule has 3 atom stereocenters. The van der Waals surface area contributed by atoms with Crippen molar-refractivity contribution in [2.45, 2.75) is 28.0 Å². The largest absolute Gasteiger partial charge is 0.483 e. The van der Waals surface area contributed by atoms with Crippen LogP contribution in [0.5, 0.6) is 5.75 Å². The first kappa shape index (κ1) is 33.6. The van der Waals surface area contributed by atoms with Gasteiger partial charge in [-0.25, -0.2) is 23.3 Å². The lowest BCUT2D eigenvalue weighted by molar-refractivity contribution is -0.122. The van der Waals surface area contributed by atoms with E-state index in [9.17, 15) is 32.4 Å². The van der Waals surface area contributed by atoms with E-state index in [4.69, 9.17) is 14.6 Å². The quantitative estimate of drug-likeness (QED) is 0.166. The van der Waals surface area contributed by atoms with Gasteiger partial charge >= 0.3 is 10.8 Å². The summed E-state index contributed by atoms with van der Waals surface area (Å²) >= 11 is 5.51. The van der Waals surface area contributed by atoms with Crippen molar-refractivity contribution >= 4 is 84.1 Å². The van der Waals surface area contributed by atoms with Gasteiger partial charge in [-0.05, 0) is 73.7 Å². The Morgan fingerprint density at radius 3 is 2.40 bits per heavy atom. The average Bonchev–Trinajstić information content (AvgIpc) is 3.54. The smallest absolute Gasteiger partial charge is 0.338 e. The highest BCUT2D eigenvalue weighted by atomic mass is 79.9. The highest BCUT2D eigenvalue weighted by Crippen LogP contribution is 2.54. The summed E-state index contributed by atoms with van der Waals surface area (Å²) in [7, 11) is -3.90. The average molecular weight is 774 g/mol. The maximum atomic E-state index is 14.2. The van der Waals surface area contributed by atoms with Crippen LogP contribution in [0.3, 0.4) is 0 Å². The summed E-state index contributed by atoms with van der Waals surface area (Å²) in [6.07, 6.45) is 0. The Hall–Kier alpha value is -4.29. The van der Waals surface area contributed by atoms with Crippen LogP contribution in [-0.2, 0) is 29.1 Å². The number of amides is 3. The molecule has 0 spiro atoms. The van der Waals surface area contributed by atoms with Crippen LogP contribution in [0, 0.1) is 5.92 Å². The molecule has 4 N–H and O–H groups in total. The zero-order chi connectivity index (χ0) is 34.3. The maximum absolute atomic E-state index is 14.2. The summed E-state index contributed by atoms with van der Waals surface area (Å²) in [5, 5.41) is 7.33. The van der Waals surface area contributed by atoms with Crippen LogP contribution < -0.4 is 25.0 Å². The van der Waals surface area contributed by atoms with E-state index in [1.807, 2.05) is 0 Å². The minimum absolute atomic E-state index is 0.112. The van der Waals surface area contributed by atoms with E-state index >= 15 is 0 Å². The molecule has 1 aromatic heterocycles. The van der Waals surface area contributed by atoms with E-state index in [-0.39, 0.29) is 33.4 Å². The van der Waals surface area contributed by atoms with E-state index in [2.05, 4.69) is 26.2 Å². The van der Waals surface area contributed by atoms with Gasteiger partial charge < -0.3 is 19.8 Å². The fraction of sp³-hybridized carbons (Fsp3) is 0.194. The Morgan fingerprint density at radius 1 is 1.02 bits per heavy atom. The topological polar surface area (TPSA) is 195 Å². The number of halogens is 1. The van der Waals surface area contributed by atoms with Crippen molar-refractivity contribution < 1.29 is 37.1 Å². The van der Waals surface area contributed by atoms with Crippen molar-refractivity contribution in [3.63, 3.8) is 0 Å². The third-order valence-electron chi connectivity index (χ3n) is 7.59. The number of benzene rings is 3.